The van der Waals surface area contributed by atoms with Gasteiger partial charge in [0.05, 0.1) is 25.3 Å². The average molecular weight is 521 g/mol. The first-order chi connectivity index (χ1) is 18.8. The van der Waals surface area contributed by atoms with Crippen LogP contribution in [-0.4, -0.2) is 21.2 Å². The summed E-state index contributed by atoms with van der Waals surface area (Å²) in [4.78, 5) is 31.1. The highest BCUT2D eigenvalue weighted by atomic mass is 35.5. The summed E-state index contributed by atoms with van der Waals surface area (Å²) in [5.41, 5.74) is 5.97. The Hall–Kier alpha value is -4.48. The summed E-state index contributed by atoms with van der Waals surface area (Å²) < 4.78 is 11.2. The lowest BCUT2D eigenvalue weighted by atomic mass is 10.0. The fraction of sp³-hybridized carbons (Fsp3) is 0.0938. The quantitative estimate of drug-likeness (QED) is 0.211. The fourth-order valence-electron chi connectivity index (χ4n) is 4.23. The normalized spacial score (nSPS) is 12.4. The van der Waals surface area contributed by atoms with Crippen LogP contribution >= 0.6 is 11.6 Å². The molecule has 1 aromatic heterocycles. The predicted octanol–water partition coefficient (Wildman–Crippen LogP) is 7.34. The Morgan fingerprint density at radius 3 is 2.50 bits per heavy atom. The van der Waals surface area contributed by atoms with E-state index in [0.29, 0.717) is 21.8 Å². The lowest BCUT2D eigenvalue weighted by Crippen LogP contribution is -2.30. The third kappa shape index (κ3) is 5.43. The number of rotatable bonds is 7. The van der Waals surface area contributed by atoms with Crippen LogP contribution in [0.1, 0.15) is 29.8 Å². The number of carbonyl (C=O) groups excluding carboxylic acids is 2. The van der Waals surface area contributed by atoms with Crippen LogP contribution in [0.2, 0.25) is 5.02 Å². The Bertz CT molecular complexity index is 1710. The van der Waals surface area contributed by atoms with Gasteiger partial charge in [0.25, 0.3) is 5.91 Å². The maximum Gasteiger partial charge on any atom is 0.258 e. The third-order valence-electron chi connectivity index (χ3n) is 6.23. The zero-order chi connectivity index (χ0) is 27.5. The van der Waals surface area contributed by atoms with E-state index in [9.17, 15) is 11.0 Å². The number of anilines is 1. The molecule has 0 aliphatic rings. The van der Waals surface area contributed by atoms with Gasteiger partial charge in [-0.15, -0.1) is 0 Å². The summed E-state index contributed by atoms with van der Waals surface area (Å²) in [5.74, 6) is -0.408. The average Bonchev–Trinajstić information content (AvgIpc) is 3.32. The molecule has 4 aromatic carbocycles. The molecule has 0 aliphatic heterocycles. The van der Waals surface area contributed by atoms with Gasteiger partial charge in [0.1, 0.15) is 0 Å². The number of hydrogen-bond donors (Lipinski definition) is 0. The lowest BCUT2D eigenvalue weighted by molar-refractivity contribution is -0.112. The first-order valence-electron chi connectivity index (χ1n) is 12.7. The molecule has 1 heterocycles. The van der Waals surface area contributed by atoms with Gasteiger partial charge in [-0.25, -0.2) is 4.98 Å². The van der Waals surface area contributed by atoms with E-state index in [1.54, 1.807) is 60.9 Å². The number of carbonyl (C=O) groups is 2. The van der Waals surface area contributed by atoms with Crippen LogP contribution in [0.4, 0.5) is 5.69 Å². The minimum absolute atomic E-state index is 0.0787. The van der Waals surface area contributed by atoms with Crippen LogP contribution in [0.25, 0.3) is 28.2 Å². The standard InChI is InChI=1S/C32H26ClN3O2/c1-22(37)11-12-23-7-6-10-28(17-23)36(32(38)24-8-4-3-5-9-24)20-27-14-13-25(18-29(27)33)26-15-16-31-30(19-26)34-21-35(31)2/h3-19,21H,20H2,1-2H3/b12-11+/i20D. The number of imidazole rings is 1. The first-order valence-corrected chi connectivity index (χ1v) is 12.5. The van der Waals surface area contributed by atoms with Crippen LogP contribution in [0.3, 0.4) is 0 Å². The number of fused-ring (bicyclic) bond motifs is 1. The Kier molecular flexibility index (Phi) is 6.83. The molecule has 0 saturated carbocycles. The number of halogens is 1. The fourth-order valence-corrected chi connectivity index (χ4v) is 4.46. The van der Waals surface area contributed by atoms with Gasteiger partial charge in [0.15, 0.2) is 5.78 Å². The molecular weight excluding hydrogens is 494 g/mol. The van der Waals surface area contributed by atoms with E-state index < -0.39 is 6.52 Å². The van der Waals surface area contributed by atoms with E-state index >= 15 is 0 Å². The van der Waals surface area contributed by atoms with Crippen molar-refractivity contribution in [1.82, 2.24) is 9.55 Å². The van der Waals surface area contributed by atoms with Crippen molar-refractivity contribution in [1.29, 1.82) is 0 Å². The second kappa shape index (κ2) is 10.9. The third-order valence-corrected chi connectivity index (χ3v) is 6.55. The zero-order valence-corrected chi connectivity index (χ0v) is 21.8. The zero-order valence-electron chi connectivity index (χ0n) is 22.0. The minimum Gasteiger partial charge on any atom is -0.334 e. The van der Waals surface area contributed by atoms with Crippen molar-refractivity contribution in [3.63, 3.8) is 0 Å². The number of amides is 1. The van der Waals surface area contributed by atoms with Gasteiger partial charge in [-0.3, -0.25) is 9.59 Å². The van der Waals surface area contributed by atoms with Gasteiger partial charge in [0.2, 0.25) is 0 Å². The Morgan fingerprint density at radius 2 is 1.74 bits per heavy atom. The second-order valence-corrected chi connectivity index (χ2v) is 9.41. The molecular formula is C32H26ClN3O2. The highest BCUT2D eigenvalue weighted by Crippen LogP contribution is 2.30. The van der Waals surface area contributed by atoms with Crippen LogP contribution in [0.5, 0.6) is 0 Å². The number of benzene rings is 4. The van der Waals surface area contributed by atoms with Crippen LogP contribution < -0.4 is 4.90 Å². The molecule has 0 bridgehead atoms. The molecule has 188 valence electrons. The van der Waals surface area contributed by atoms with Gasteiger partial charge >= 0.3 is 0 Å². The van der Waals surface area contributed by atoms with Crippen molar-refractivity contribution in [3.8, 4) is 11.1 Å². The Morgan fingerprint density at radius 1 is 0.974 bits per heavy atom. The second-order valence-electron chi connectivity index (χ2n) is 9.00. The summed E-state index contributed by atoms with van der Waals surface area (Å²) in [7, 11) is 1.95. The van der Waals surface area contributed by atoms with Gasteiger partial charge in [-0.1, -0.05) is 66.2 Å². The van der Waals surface area contributed by atoms with Crippen molar-refractivity contribution >= 4 is 46.1 Å². The molecule has 5 rings (SSSR count). The van der Waals surface area contributed by atoms with Crippen molar-refractivity contribution in [2.75, 3.05) is 4.90 Å². The van der Waals surface area contributed by atoms with Crippen molar-refractivity contribution in [2.24, 2.45) is 7.05 Å². The summed E-state index contributed by atoms with van der Waals surface area (Å²) in [6.07, 6.45) is 4.94. The van der Waals surface area contributed by atoms with E-state index in [1.165, 1.54) is 17.9 Å². The number of aromatic nitrogens is 2. The predicted molar refractivity (Wildman–Crippen MR) is 154 cm³/mol. The Balaban J connectivity index is 1.54. The number of nitrogens with zero attached hydrogens (tertiary/aromatic N) is 3. The van der Waals surface area contributed by atoms with Crippen LogP contribution in [-0.2, 0) is 18.4 Å². The molecule has 0 radical (unpaired) electrons. The summed E-state index contributed by atoms with van der Waals surface area (Å²) in [6.45, 7) is 0.357. The van der Waals surface area contributed by atoms with Crippen molar-refractivity contribution < 1.29 is 11.0 Å². The molecule has 6 heteroatoms. The molecule has 0 aliphatic carbocycles. The highest BCUT2D eigenvalue weighted by molar-refractivity contribution is 6.31. The molecule has 1 unspecified atom stereocenters. The molecule has 0 fully saturated rings. The van der Waals surface area contributed by atoms with E-state index in [2.05, 4.69) is 4.98 Å². The maximum atomic E-state index is 13.7. The Labute approximate surface area is 228 Å². The molecule has 1 amide bonds. The first kappa shape index (κ1) is 23.9. The molecule has 5 aromatic rings. The van der Waals surface area contributed by atoms with Crippen LogP contribution in [0.15, 0.2) is 103 Å². The van der Waals surface area contributed by atoms with Crippen LogP contribution in [0, 0.1) is 0 Å². The minimum atomic E-state index is -1.12. The van der Waals surface area contributed by atoms with Gasteiger partial charge in [-0.2, -0.15) is 0 Å². The number of aryl methyl sites for hydroxylation is 1. The van der Waals surface area contributed by atoms with E-state index in [4.69, 9.17) is 11.6 Å². The van der Waals surface area contributed by atoms with Gasteiger partial charge < -0.3 is 9.47 Å². The van der Waals surface area contributed by atoms with Gasteiger partial charge in [0, 0.05) is 23.3 Å². The summed E-state index contributed by atoms with van der Waals surface area (Å²) in [5, 5.41) is 0.382. The monoisotopic (exact) mass is 520 g/mol. The number of hydrogen-bond acceptors (Lipinski definition) is 3. The largest absolute Gasteiger partial charge is 0.334 e. The van der Waals surface area contributed by atoms with Crippen molar-refractivity contribution in [2.45, 2.75) is 13.4 Å². The summed E-state index contributed by atoms with van der Waals surface area (Å²) >= 11 is 6.77. The molecule has 0 N–H and O–H groups in total. The topological polar surface area (TPSA) is 55.2 Å². The maximum absolute atomic E-state index is 13.7. The SMILES string of the molecule is [2H]C(c1ccc(-c2ccc3c(c2)ncn3C)cc1Cl)N(C(=O)c1ccccc1)c1cccc(/C=C/C(C)=O)c1. The molecule has 0 spiro atoms. The summed E-state index contributed by atoms with van der Waals surface area (Å²) in [6, 6.07) is 27.6. The number of allylic oxidation sites excluding steroid dienone is 1. The van der Waals surface area contributed by atoms with E-state index in [-0.39, 0.29) is 11.7 Å². The number of ketones is 1. The highest BCUT2D eigenvalue weighted by Gasteiger charge is 2.20. The van der Waals surface area contributed by atoms with E-state index in [1.807, 2.05) is 54.1 Å². The smallest absolute Gasteiger partial charge is 0.258 e. The van der Waals surface area contributed by atoms with Crippen molar-refractivity contribution in [3.05, 3.63) is 125 Å². The van der Waals surface area contributed by atoms with Gasteiger partial charge in [-0.05, 0) is 77.7 Å². The lowest BCUT2D eigenvalue weighted by Gasteiger charge is -2.24. The molecule has 0 saturated heterocycles. The molecule has 1 atom stereocenters. The van der Waals surface area contributed by atoms with E-state index in [0.717, 1.165) is 27.7 Å². The molecule has 5 nitrogen and oxygen atoms in total. The molecule has 38 heavy (non-hydrogen) atoms.